The van der Waals surface area contributed by atoms with Crippen LogP contribution in [0.3, 0.4) is 0 Å². The fourth-order valence-electron chi connectivity index (χ4n) is 3.86. The lowest BCUT2D eigenvalue weighted by Gasteiger charge is -2.41. The number of nitrogens with one attached hydrogen (secondary N) is 1. The molecule has 1 aromatic rings. The summed E-state index contributed by atoms with van der Waals surface area (Å²) in [5, 5.41) is 3.41. The van der Waals surface area contributed by atoms with Gasteiger partial charge in [0.15, 0.2) is 0 Å². The molecule has 1 aromatic carbocycles. The molecule has 6 nitrogen and oxygen atoms in total. The molecule has 2 unspecified atom stereocenters. The Bertz CT molecular complexity index is 602. The van der Waals surface area contributed by atoms with E-state index in [9.17, 15) is 4.79 Å². The largest absolute Gasteiger partial charge is 0.497 e. The Morgan fingerprint density at radius 2 is 1.96 bits per heavy atom. The second kappa shape index (κ2) is 8.06. The number of rotatable bonds is 5. The molecule has 2 aliphatic heterocycles. The number of ether oxygens (including phenoxy) is 2. The smallest absolute Gasteiger partial charge is 0.244 e. The Balaban J connectivity index is 2.02. The van der Waals surface area contributed by atoms with E-state index in [0.29, 0.717) is 0 Å². The van der Waals surface area contributed by atoms with Crippen LogP contribution in [0.5, 0.6) is 11.5 Å². The number of benzene rings is 1. The third-order valence-corrected chi connectivity index (χ3v) is 5.27. The van der Waals surface area contributed by atoms with Crippen molar-refractivity contribution in [2.24, 2.45) is 0 Å². The molecule has 2 saturated heterocycles. The zero-order valence-corrected chi connectivity index (χ0v) is 15.5. The summed E-state index contributed by atoms with van der Waals surface area (Å²) < 4.78 is 11.0. The van der Waals surface area contributed by atoms with Crippen molar-refractivity contribution in [3.63, 3.8) is 0 Å². The first-order chi connectivity index (χ1) is 12.2. The molecule has 1 amide bonds. The highest BCUT2D eigenvalue weighted by Crippen LogP contribution is 2.36. The van der Waals surface area contributed by atoms with Crippen molar-refractivity contribution in [1.29, 1.82) is 0 Å². The van der Waals surface area contributed by atoms with E-state index in [-0.39, 0.29) is 18.0 Å². The Kier molecular flexibility index (Phi) is 5.81. The number of amides is 1. The van der Waals surface area contributed by atoms with Gasteiger partial charge in [-0.15, -0.1) is 0 Å². The van der Waals surface area contributed by atoms with Gasteiger partial charge in [-0.1, -0.05) is 0 Å². The minimum atomic E-state index is -0.333. The molecule has 25 heavy (non-hydrogen) atoms. The molecule has 6 heteroatoms. The van der Waals surface area contributed by atoms with Crippen molar-refractivity contribution in [2.45, 2.75) is 31.8 Å². The van der Waals surface area contributed by atoms with Gasteiger partial charge in [0.05, 0.1) is 14.2 Å². The monoisotopic (exact) mass is 347 g/mol. The predicted molar refractivity (Wildman–Crippen MR) is 97.1 cm³/mol. The van der Waals surface area contributed by atoms with E-state index >= 15 is 0 Å². The molecule has 138 valence electrons. The summed E-state index contributed by atoms with van der Waals surface area (Å²) in [5.41, 5.74) is 0.896. The minimum Gasteiger partial charge on any atom is -0.497 e. The lowest BCUT2D eigenvalue weighted by Crippen LogP contribution is -2.54. The van der Waals surface area contributed by atoms with Gasteiger partial charge in [-0.3, -0.25) is 9.69 Å². The summed E-state index contributed by atoms with van der Waals surface area (Å²) in [4.78, 5) is 17.7. The number of hydrogen-bond donors (Lipinski definition) is 1. The molecule has 0 aliphatic carbocycles. The topological polar surface area (TPSA) is 54.0 Å². The van der Waals surface area contributed by atoms with E-state index in [4.69, 9.17) is 9.47 Å². The second-order valence-corrected chi connectivity index (χ2v) is 6.83. The summed E-state index contributed by atoms with van der Waals surface area (Å²) >= 11 is 0. The van der Waals surface area contributed by atoms with E-state index in [0.717, 1.165) is 62.6 Å². The lowest BCUT2D eigenvalue weighted by molar-refractivity contribution is -0.137. The van der Waals surface area contributed by atoms with E-state index in [1.54, 1.807) is 14.2 Å². The number of carbonyl (C=O) groups excluding carboxylic acids is 1. The van der Waals surface area contributed by atoms with Gasteiger partial charge in [0.25, 0.3) is 0 Å². The minimum absolute atomic E-state index is 0.179. The molecule has 2 atom stereocenters. The van der Waals surface area contributed by atoms with E-state index < -0.39 is 0 Å². The first-order valence-corrected chi connectivity index (χ1v) is 9.13. The molecule has 0 saturated carbocycles. The SMILES string of the molecule is COc1ccc(OC)c(C(C(=O)N2CCCC2)N2CCNCC2C)c1. The molecular weight excluding hydrogens is 318 g/mol. The number of likely N-dealkylation sites (tertiary alicyclic amines) is 1. The first-order valence-electron chi connectivity index (χ1n) is 9.13. The Morgan fingerprint density at radius 1 is 1.20 bits per heavy atom. The molecule has 0 radical (unpaired) electrons. The molecule has 2 aliphatic rings. The van der Waals surface area contributed by atoms with Crippen molar-refractivity contribution in [1.82, 2.24) is 15.1 Å². The fourth-order valence-corrected chi connectivity index (χ4v) is 3.86. The van der Waals surface area contributed by atoms with Crippen LogP contribution in [-0.2, 0) is 4.79 Å². The standard InChI is InChI=1S/C19H29N3O3/c1-14-13-20-8-11-22(14)18(19(23)21-9-4-5-10-21)16-12-15(24-2)6-7-17(16)25-3/h6-7,12,14,18,20H,4-5,8-11,13H2,1-3H3. The summed E-state index contributed by atoms with van der Waals surface area (Å²) in [6.45, 7) is 6.48. The van der Waals surface area contributed by atoms with Gasteiger partial charge < -0.3 is 19.7 Å². The van der Waals surface area contributed by atoms with Gasteiger partial charge in [0.2, 0.25) is 5.91 Å². The summed E-state index contributed by atoms with van der Waals surface area (Å²) in [7, 11) is 3.31. The van der Waals surface area contributed by atoms with Crippen LogP contribution in [0, 0.1) is 0 Å². The van der Waals surface area contributed by atoms with Gasteiger partial charge in [-0.25, -0.2) is 0 Å². The molecule has 2 heterocycles. The van der Waals surface area contributed by atoms with Crippen LogP contribution in [0.1, 0.15) is 31.4 Å². The molecule has 0 bridgehead atoms. The third-order valence-electron chi connectivity index (χ3n) is 5.27. The van der Waals surface area contributed by atoms with Crippen LogP contribution in [0.4, 0.5) is 0 Å². The van der Waals surface area contributed by atoms with Crippen LogP contribution >= 0.6 is 0 Å². The number of piperazine rings is 1. The molecule has 0 aromatic heterocycles. The lowest BCUT2D eigenvalue weighted by atomic mass is 9.99. The number of nitrogens with zero attached hydrogens (tertiary/aromatic N) is 2. The van der Waals surface area contributed by atoms with Gasteiger partial charge in [0.1, 0.15) is 17.5 Å². The Hall–Kier alpha value is -1.79. The molecular formula is C19H29N3O3. The highest BCUT2D eigenvalue weighted by molar-refractivity contribution is 5.84. The van der Waals surface area contributed by atoms with Crippen molar-refractivity contribution < 1.29 is 14.3 Å². The van der Waals surface area contributed by atoms with Crippen LogP contribution < -0.4 is 14.8 Å². The van der Waals surface area contributed by atoms with Crippen molar-refractivity contribution >= 4 is 5.91 Å². The maximum atomic E-state index is 13.4. The van der Waals surface area contributed by atoms with Gasteiger partial charge in [-0.05, 0) is 38.0 Å². The number of carbonyl (C=O) groups is 1. The number of methoxy groups -OCH3 is 2. The summed E-state index contributed by atoms with van der Waals surface area (Å²) in [5.74, 6) is 1.67. The van der Waals surface area contributed by atoms with E-state index in [2.05, 4.69) is 17.1 Å². The highest BCUT2D eigenvalue weighted by Gasteiger charge is 2.37. The van der Waals surface area contributed by atoms with Crippen LogP contribution in [0.2, 0.25) is 0 Å². The van der Waals surface area contributed by atoms with Crippen LogP contribution in [-0.4, -0.2) is 68.7 Å². The van der Waals surface area contributed by atoms with Crippen molar-refractivity contribution in [3.05, 3.63) is 23.8 Å². The van der Waals surface area contributed by atoms with Gasteiger partial charge >= 0.3 is 0 Å². The third kappa shape index (κ3) is 3.75. The normalized spacial score (nSPS) is 22.7. The zero-order valence-electron chi connectivity index (χ0n) is 15.5. The van der Waals surface area contributed by atoms with E-state index in [1.807, 2.05) is 23.1 Å². The molecule has 0 spiro atoms. The van der Waals surface area contributed by atoms with Gasteiger partial charge in [0, 0.05) is 44.3 Å². The molecule has 2 fully saturated rings. The zero-order chi connectivity index (χ0) is 17.8. The highest BCUT2D eigenvalue weighted by atomic mass is 16.5. The van der Waals surface area contributed by atoms with Gasteiger partial charge in [-0.2, -0.15) is 0 Å². The molecule has 1 N–H and O–H groups in total. The maximum Gasteiger partial charge on any atom is 0.244 e. The predicted octanol–water partition coefficient (Wildman–Crippen LogP) is 1.66. The Morgan fingerprint density at radius 3 is 2.60 bits per heavy atom. The number of hydrogen-bond acceptors (Lipinski definition) is 5. The summed E-state index contributed by atoms with van der Waals surface area (Å²) in [6, 6.07) is 5.67. The summed E-state index contributed by atoms with van der Waals surface area (Å²) in [6.07, 6.45) is 2.18. The average molecular weight is 347 g/mol. The Labute approximate surface area is 150 Å². The van der Waals surface area contributed by atoms with Crippen LogP contribution in [0.25, 0.3) is 0 Å². The van der Waals surface area contributed by atoms with Crippen LogP contribution in [0.15, 0.2) is 18.2 Å². The van der Waals surface area contributed by atoms with E-state index in [1.165, 1.54) is 0 Å². The average Bonchev–Trinajstić information content (AvgIpc) is 3.18. The fraction of sp³-hybridized carbons (Fsp3) is 0.632. The van der Waals surface area contributed by atoms with Crippen molar-refractivity contribution in [2.75, 3.05) is 46.9 Å². The maximum absolute atomic E-state index is 13.4. The first kappa shape index (κ1) is 18.0. The van der Waals surface area contributed by atoms with Crippen molar-refractivity contribution in [3.8, 4) is 11.5 Å². The molecule has 3 rings (SSSR count). The quantitative estimate of drug-likeness (QED) is 0.878. The second-order valence-electron chi connectivity index (χ2n) is 6.83.